The predicted molar refractivity (Wildman–Crippen MR) is 500 cm³/mol. The third-order valence-corrected chi connectivity index (χ3v) is 28.1. The minimum absolute atomic E-state index is 0.00372. The molecule has 4 fully saturated rings. The third-order valence-electron chi connectivity index (χ3n) is 27.9. The average Bonchev–Trinajstić information content (AvgIpc) is 1.60. The first kappa shape index (κ1) is 86.2. The molecule has 3 aromatic carbocycles. The molecule has 24 rings (SSSR count). The summed E-state index contributed by atoms with van der Waals surface area (Å²) in [6, 6.07) is 51.2. The number of aryl methyl sites for hydroxylation is 4. The normalized spacial score (nSPS) is 17.8. The molecular formula is C103H98ClF4N17O8. The molecule has 21 heterocycles. The maximum atomic E-state index is 14.0. The molecule has 0 amide bonds. The maximum Gasteiger partial charge on any atom is 0.259 e. The van der Waals surface area contributed by atoms with E-state index in [1.807, 2.05) is 60.7 Å². The van der Waals surface area contributed by atoms with Crippen molar-refractivity contribution in [2.45, 2.75) is 128 Å². The predicted octanol–water partition coefficient (Wildman–Crippen LogP) is 16.6. The molecule has 0 radical (unpaired) electrons. The largest absolute Gasteiger partial charge is 0.489 e. The van der Waals surface area contributed by atoms with Gasteiger partial charge in [-0.1, -0.05) is 48.0 Å². The fourth-order valence-corrected chi connectivity index (χ4v) is 21.5. The van der Waals surface area contributed by atoms with Gasteiger partial charge in [-0.25, -0.2) is 37.5 Å². The smallest absolute Gasteiger partial charge is 0.259 e. The van der Waals surface area contributed by atoms with Crippen molar-refractivity contribution in [1.82, 2.24) is 81.1 Å². The minimum Gasteiger partial charge on any atom is -0.489 e. The number of ether oxygens (including phenoxy) is 4. The van der Waals surface area contributed by atoms with Gasteiger partial charge in [0.2, 0.25) is 0 Å². The molecule has 8 aliphatic heterocycles. The zero-order valence-electron chi connectivity index (χ0n) is 74.2. The van der Waals surface area contributed by atoms with Gasteiger partial charge in [0.1, 0.15) is 119 Å². The topological polar surface area (TPSA) is 222 Å². The van der Waals surface area contributed by atoms with Crippen LogP contribution in [0.4, 0.5) is 17.6 Å². The van der Waals surface area contributed by atoms with Crippen LogP contribution < -0.4 is 41.2 Å². The quantitative estimate of drug-likeness (QED) is 0.0820. The number of hydrogen-bond acceptors (Lipinski definition) is 17. The van der Waals surface area contributed by atoms with Crippen LogP contribution in [0.5, 0.6) is 23.0 Å². The molecule has 133 heavy (non-hydrogen) atoms. The van der Waals surface area contributed by atoms with E-state index in [-0.39, 0.29) is 47.6 Å². The summed E-state index contributed by atoms with van der Waals surface area (Å²) in [7, 11) is 8.30. The highest BCUT2D eigenvalue weighted by molar-refractivity contribution is 6.30. The van der Waals surface area contributed by atoms with Crippen LogP contribution in [0.3, 0.4) is 0 Å². The van der Waals surface area contributed by atoms with E-state index in [1.54, 1.807) is 65.8 Å². The number of nitrogens with zero attached hydrogens (tertiary/aromatic N) is 17. The van der Waals surface area contributed by atoms with E-state index in [2.05, 4.69) is 95.3 Å². The van der Waals surface area contributed by atoms with Crippen LogP contribution in [0.15, 0.2) is 226 Å². The number of fused-ring (bicyclic) bond motifs is 20. The van der Waals surface area contributed by atoms with Crippen LogP contribution in [-0.2, 0) is 80.3 Å². The molecule has 13 aromatic heterocycles. The van der Waals surface area contributed by atoms with Gasteiger partial charge >= 0.3 is 0 Å². The third kappa shape index (κ3) is 16.7. The SMILES string of the molecule is Cn1c2c(c3ccc(-n4ccc(OCc5ccc(Cl)cc5F)cc4=O)nc31)C1CCCN1CC2.Cn1c2c(c3ccc(-n4ccc(OCc5ccc(F)cc5F)cc4=O)nc31)C1CCCN1CC2.Cn1c2c(c3ccc(-n4ccc(OCc5ccc(F)cn5)cc4=O)nc31)C1CCCN1CC2.Cn1c2c(c3ccc(-n4ccc(OCc5ccccc5)cc4=O)nc31)C1CCCN1CC2. The van der Waals surface area contributed by atoms with E-state index < -0.39 is 23.3 Å². The van der Waals surface area contributed by atoms with Gasteiger partial charge in [-0.2, -0.15) is 0 Å². The summed E-state index contributed by atoms with van der Waals surface area (Å²) in [5, 5.41) is 5.07. The minimum atomic E-state index is -0.683. The van der Waals surface area contributed by atoms with Gasteiger partial charge in [-0.05, 0) is 215 Å². The molecule has 0 N–H and O–H groups in total. The van der Waals surface area contributed by atoms with Crippen molar-refractivity contribution < 1.29 is 36.5 Å². The van der Waals surface area contributed by atoms with Crippen LogP contribution in [-0.4, -0.2) is 133 Å². The number of halogens is 5. The van der Waals surface area contributed by atoms with Crippen molar-refractivity contribution in [3.8, 4) is 46.3 Å². The lowest BCUT2D eigenvalue weighted by atomic mass is 9.96. The Morgan fingerprint density at radius 2 is 0.677 bits per heavy atom. The number of pyridine rings is 9. The lowest BCUT2D eigenvalue weighted by molar-refractivity contribution is 0.242. The number of aromatic nitrogens is 13. The van der Waals surface area contributed by atoms with E-state index in [1.165, 1.54) is 194 Å². The van der Waals surface area contributed by atoms with Crippen molar-refractivity contribution in [1.29, 1.82) is 0 Å². The molecule has 0 bridgehead atoms. The zero-order valence-corrected chi connectivity index (χ0v) is 74.9. The van der Waals surface area contributed by atoms with Gasteiger partial charge in [-0.3, -0.25) is 62.0 Å². The molecule has 30 heteroatoms. The fraction of sp³-hybridized carbons (Fsp3) is 0.311. The summed E-state index contributed by atoms with van der Waals surface area (Å²) in [6.07, 6.45) is 21.7. The summed E-state index contributed by atoms with van der Waals surface area (Å²) in [6.45, 7) is 9.57. The van der Waals surface area contributed by atoms with E-state index in [4.69, 9.17) is 50.5 Å². The van der Waals surface area contributed by atoms with Crippen LogP contribution >= 0.6 is 11.6 Å². The van der Waals surface area contributed by atoms with E-state index in [0.717, 1.165) is 104 Å². The van der Waals surface area contributed by atoms with Crippen LogP contribution in [0, 0.1) is 23.3 Å². The molecule has 25 nitrogen and oxygen atoms in total. The lowest BCUT2D eigenvalue weighted by Crippen LogP contribution is -2.31. The number of benzene rings is 3. The number of rotatable bonds is 16. The number of hydrogen-bond donors (Lipinski definition) is 0. The van der Waals surface area contributed by atoms with Crippen molar-refractivity contribution in [3.05, 3.63) is 344 Å². The highest BCUT2D eigenvalue weighted by Gasteiger charge is 2.40. The Morgan fingerprint density at radius 1 is 0.346 bits per heavy atom. The van der Waals surface area contributed by atoms with Crippen molar-refractivity contribution in [2.24, 2.45) is 28.2 Å². The van der Waals surface area contributed by atoms with E-state index >= 15 is 0 Å². The van der Waals surface area contributed by atoms with Crippen LogP contribution in [0.2, 0.25) is 5.02 Å². The average molecular weight is 1810 g/mol. The van der Waals surface area contributed by atoms with Gasteiger partial charge in [0.25, 0.3) is 22.2 Å². The van der Waals surface area contributed by atoms with Gasteiger partial charge < -0.3 is 37.2 Å². The summed E-state index contributed by atoms with van der Waals surface area (Å²) in [5.41, 5.74) is 16.1. The molecular weight excluding hydrogens is 1710 g/mol. The molecule has 16 aromatic rings. The summed E-state index contributed by atoms with van der Waals surface area (Å²) >= 11 is 5.80. The van der Waals surface area contributed by atoms with Crippen molar-refractivity contribution in [3.63, 3.8) is 0 Å². The van der Waals surface area contributed by atoms with Crippen molar-refractivity contribution in [2.75, 3.05) is 52.4 Å². The van der Waals surface area contributed by atoms with Gasteiger partial charge in [0.15, 0.2) is 0 Å². The molecule has 4 saturated heterocycles. The summed E-state index contributed by atoms with van der Waals surface area (Å²) in [4.78, 5) is 85.2. The Hall–Kier alpha value is -13.6. The van der Waals surface area contributed by atoms with Crippen LogP contribution in [0.1, 0.15) is 143 Å². The summed E-state index contributed by atoms with van der Waals surface area (Å²) < 4.78 is 91.4. The van der Waals surface area contributed by atoms with Gasteiger partial charge in [-0.15, -0.1) is 0 Å². The Bertz CT molecular complexity index is 7250. The maximum absolute atomic E-state index is 14.0. The molecule has 4 unspecified atom stereocenters. The van der Waals surface area contributed by atoms with Crippen molar-refractivity contribution >= 4 is 55.7 Å². The zero-order chi connectivity index (χ0) is 91.0. The van der Waals surface area contributed by atoms with Gasteiger partial charge in [0.05, 0.1) is 11.9 Å². The molecule has 4 atom stereocenters. The molecule has 0 spiro atoms. The second-order valence-corrected chi connectivity index (χ2v) is 35.9. The van der Waals surface area contributed by atoms with E-state index in [9.17, 15) is 36.7 Å². The lowest BCUT2D eigenvalue weighted by Gasteiger charge is -2.30. The Labute approximate surface area is 767 Å². The molecule has 0 aliphatic carbocycles. The Kier molecular flexibility index (Phi) is 23.4. The standard InChI is InChI=1S/C26H24ClFN4O2.C26H24F2N4O2.C26H26N4O2.C25H24FN5O2/c2*1-30-21-9-11-31-10-2-3-22(31)25(21)19-6-7-23(29-26(19)30)32-12-8-18(14-24(32)33)34-15-16-4-5-17(27)13-20(16)28;1-28-21-12-14-29-13-5-8-22(29)25(21)20-9-10-23(27-26(20)28)30-15-11-19(16-24(30)31)32-17-18-6-3-2-4-7-18;1-29-20-9-11-30-10-2-3-21(30)24(20)19-6-7-22(28-25(19)29)31-12-8-18(13-23(31)32)33-15-17-5-4-16(26)14-27-17/h2*4-8,12-14,22H,2-3,9-11,15H2,1H3;2-4,6-7,9-11,15-16,22H,5,8,12-14,17H2,1H3;4-8,12-14,21H,2-3,9-11,15H2,1H3. The Morgan fingerprint density at radius 3 is 1.01 bits per heavy atom. The van der Waals surface area contributed by atoms with Crippen LogP contribution in [0.25, 0.3) is 67.4 Å². The first-order chi connectivity index (χ1) is 64.7. The molecule has 0 saturated carbocycles. The molecule has 678 valence electrons. The fourth-order valence-electron chi connectivity index (χ4n) is 21.3. The Balaban J connectivity index is 0.000000107. The molecule has 8 aliphatic rings. The summed E-state index contributed by atoms with van der Waals surface area (Å²) in [5.74, 6) is 1.82. The first-order valence-corrected chi connectivity index (χ1v) is 46.0. The van der Waals surface area contributed by atoms with E-state index in [0.29, 0.717) is 93.3 Å². The highest BCUT2D eigenvalue weighted by Crippen LogP contribution is 2.47. The second-order valence-electron chi connectivity index (χ2n) is 35.5. The second kappa shape index (κ2) is 36.2. The monoisotopic (exact) mass is 1810 g/mol. The van der Waals surface area contributed by atoms with Gasteiger partial charge in [0, 0.05) is 220 Å². The first-order valence-electron chi connectivity index (χ1n) is 45.6. The highest BCUT2D eigenvalue weighted by atomic mass is 35.5.